The average molecular weight is 687 g/mol. The molecule has 2 nitrogen and oxygen atoms in total. The Kier molecular flexibility index (Phi) is 5.94. The van der Waals surface area contributed by atoms with Gasteiger partial charge in [0, 0.05) is 0 Å². The predicted octanol–water partition coefficient (Wildman–Crippen LogP) is 13.0. The molecule has 0 fully saturated rings. The minimum atomic E-state index is -0.715. The summed E-state index contributed by atoms with van der Waals surface area (Å²) in [7, 11) is 0. The summed E-state index contributed by atoms with van der Waals surface area (Å²) in [5.74, 6) is -1.50. The molecule has 0 heterocycles. The Labute approximate surface area is 310 Å². The van der Waals surface area contributed by atoms with Crippen molar-refractivity contribution in [1.29, 1.82) is 0 Å². The van der Waals surface area contributed by atoms with Crippen molar-refractivity contribution in [1.82, 2.24) is 0 Å². The minimum absolute atomic E-state index is 0.0377. The molecule has 10 aromatic rings. The van der Waals surface area contributed by atoms with Gasteiger partial charge in [-0.25, -0.2) is 0 Å². The van der Waals surface area contributed by atoms with Crippen molar-refractivity contribution in [3.05, 3.63) is 180 Å². The summed E-state index contributed by atoms with van der Waals surface area (Å²) in [6.07, 6.45) is 7.32. The highest BCUT2D eigenvalue weighted by Gasteiger charge is 2.41. The van der Waals surface area contributed by atoms with Gasteiger partial charge >= 0.3 is 0 Å². The molecule has 0 saturated carbocycles. The number of carbonyl (C=O) groups excluding carboxylic acids is 2. The summed E-state index contributed by atoms with van der Waals surface area (Å²) in [4.78, 5) is 29.6. The van der Waals surface area contributed by atoms with Crippen LogP contribution < -0.4 is 0 Å². The Bertz CT molecular complexity index is 3180. The van der Waals surface area contributed by atoms with Gasteiger partial charge in [-0.2, -0.15) is 0 Å². The first-order valence-corrected chi connectivity index (χ1v) is 18.7. The number of hydrogen-bond acceptors (Lipinski definition) is 2. The fourth-order valence-corrected chi connectivity index (χ4v) is 10.0. The molecule has 12 rings (SSSR count). The Morgan fingerprint density at radius 2 is 0.593 bits per heavy atom. The van der Waals surface area contributed by atoms with E-state index in [2.05, 4.69) is 146 Å². The summed E-state index contributed by atoms with van der Waals surface area (Å²) in [5.41, 5.74) is 3.86. The van der Waals surface area contributed by atoms with E-state index >= 15 is 0 Å². The number of rotatable bonds is 1. The van der Waals surface area contributed by atoms with E-state index in [9.17, 15) is 9.59 Å². The van der Waals surface area contributed by atoms with Crippen LogP contribution in [-0.2, 0) is 9.59 Å². The van der Waals surface area contributed by atoms with Gasteiger partial charge in [-0.05, 0) is 121 Å². The summed E-state index contributed by atoms with van der Waals surface area (Å²) in [6, 6.07) is 52.0. The van der Waals surface area contributed by atoms with Crippen LogP contribution in [0.3, 0.4) is 0 Å². The number of allylic oxidation sites excluding steroid dienone is 2. The Balaban J connectivity index is 1.25. The zero-order valence-electron chi connectivity index (χ0n) is 29.1. The van der Waals surface area contributed by atoms with E-state index < -0.39 is 11.8 Å². The molecular weight excluding hydrogens is 657 g/mol. The Hall–Kier alpha value is -6.90. The second-order valence-corrected chi connectivity index (χ2v) is 15.0. The van der Waals surface area contributed by atoms with Crippen LogP contribution in [0.4, 0.5) is 0 Å². The number of fused-ring (bicyclic) bond motifs is 18. The van der Waals surface area contributed by atoms with Crippen molar-refractivity contribution in [3.8, 4) is 0 Å². The summed E-state index contributed by atoms with van der Waals surface area (Å²) in [6.45, 7) is 0. The van der Waals surface area contributed by atoms with Crippen molar-refractivity contribution in [3.63, 3.8) is 0 Å². The highest BCUT2D eigenvalue weighted by Crippen LogP contribution is 2.51. The maximum Gasteiger partial charge on any atom is 0.164 e. The van der Waals surface area contributed by atoms with Gasteiger partial charge in [0.15, 0.2) is 11.6 Å². The van der Waals surface area contributed by atoms with Crippen molar-refractivity contribution < 1.29 is 9.59 Å². The largest absolute Gasteiger partial charge is 0.294 e. The van der Waals surface area contributed by atoms with Crippen molar-refractivity contribution in [2.24, 2.45) is 0 Å². The van der Waals surface area contributed by atoms with E-state index in [0.29, 0.717) is 0 Å². The van der Waals surface area contributed by atoms with E-state index in [4.69, 9.17) is 0 Å². The number of hydrogen-bond donors (Lipinski definition) is 0. The molecule has 0 spiro atoms. The second kappa shape index (κ2) is 10.8. The van der Waals surface area contributed by atoms with Crippen LogP contribution in [0.15, 0.2) is 158 Å². The first-order chi connectivity index (χ1) is 26.6. The topological polar surface area (TPSA) is 34.1 Å². The molecule has 0 unspecified atom stereocenters. The smallest absolute Gasteiger partial charge is 0.164 e. The molecule has 2 aliphatic rings. The quantitative estimate of drug-likeness (QED) is 0.161. The molecule has 0 radical (unpaired) electrons. The highest BCUT2D eigenvalue weighted by molar-refractivity contribution is 6.31. The second-order valence-electron chi connectivity index (χ2n) is 15.0. The third-order valence-electron chi connectivity index (χ3n) is 12.3. The summed E-state index contributed by atoms with van der Waals surface area (Å²) >= 11 is 0. The maximum absolute atomic E-state index is 14.8. The standard InChI is InChI=1S/C52H30O2/c53-41-27-25-37-23-21-35-19-17-33-15-13-31-11-9-29-5-1-3-7-39(29)43(31)45(33)47(35)49(37)51(41)52-42(54)28-26-38-24-22-36-20-18-34-16-14-32-12-10-30-6-2-4-8-40(30)44(32)46(34)48(36)50(38)52/h1-28,51-52H/t51-,52-/m1/s1. The van der Waals surface area contributed by atoms with Gasteiger partial charge in [-0.15, -0.1) is 0 Å². The van der Waals surface area contributed by atoms with Crippen LogP contribution >= 0.6 is 0 Å². The molecule has 0 saturated heterocycles. The molecule has 0 amide bonds. The van der Waals surface area contributed by atoms with E-state index in [1.54, 1.807) is 12.2 Å². The molecule has 0 bridgehead atoms. The van der Waals surface area contributed by atoms with Gasteiger partial charge in [0.2, 0.25) is 0 Å². The predicted molar refractivity (Wildman–Crippen MR) is 226 cm³/mol. The fraction of sp³-hybridized carbons (Fsp3) is 0.0385. The maximum atomic E-state index is 14.8. The van der Waals surface area contributed by atoms with Crippen LogP contribution in [-0.4, -0.2) is 11.6 Å². The normalized spacial score (nSPS) is 16.8. The van der Waals surface area contributed by atoms with Gasteiger partial charge in [-0.1, -0.05) is 158 Å². The zero-order valence-corrected chi connectivity index (χ0v) is 29.1. The lowest BCUT2D eigenvalue weighted by molar-refractivity contribution is -0.122. The molecule has 0 aromatic heterocycles. The molecule has 0 aliphatic heterocycles. The monoisotopic (exact) mass is 686 g/mol. The Morgan fingerprint density at radius 3 is 1.00 bits per heavy atom. The molecule has 2 atom stereocenters. The van der Waals surface area contributed by atoms with Crippen LogP contribution in [0.25, 0.3) is 98.3 Å². The number of carbonyl (C=O) groups is 2. The first kappa shape index (κ1) is 29.7. The highest BCUT2D eigenvalue weighted by atomic mass is 16.1. The number of benzene rings is 10. The van der Waals surface area contributed by atoms with Crippen LogP contribution in [0.5, 0.6) is 0 Å². The van der Waals surface area contributed by atoms with Crippen molar-refractivity contribution in [2.45, 2.75) is 11.8 Å². The van der Waals surface area contributed by atoms with E-state index in [1.807, 2.05) is 12.2 Å². The SMILES string of the molecule is O=C1C=Cc2ccc3ccc4ccc5ccc6ccccc6c5c4c3c2[C@@H]1[C@@H]1C(=O)C=Cc2ccc3ccc4ccc5ccc6ccccc6c5c4c3c21. The van der Waals surface area contributed by atoms with E-state index in [0.717, 1.165) is 76.1 Å². The van der Waals surface area contributed by atoms with Crippen molar-refractivity contribution in [2.75, 3.05) is 0 Å². The molecule has 10 aromatic carbocycles. The lowest BCUT2D eigenvalue weighted by Crippen LogP contribution is -2.29. The zero-order chi connectivity index (χ0) is 35.7. The van der Waals surface area contributed by atoms with Gasteiger partial charge in [0.25, 0.3) is 0 Å². The summed E-state index contributed by atoms with van der Waals surface area (Å²) in [5, 5.41) is 18.1. The summed E-state index contributed by atoms with van der Waals surface area (Å²) < 4.78 is 0. The third kappa shape index (κ3) is 3.95. The fourth-order valence-electron chi connectivity index (χ4n) is 10.0. The molecule has 2 aliphatic carbocycles. The van der Waals surface area contributed by atoms with Crippen LogP contribution in [0, 0.1) is 0 Å². The number of ketones is 2. The Morgan fingerprint density at radius 1 is 0.278 bits per heavy atom. The molecule has 0 N–H and O–H groups in total. The molecule has 250 valence electrons. The van der Waals surface area contributed by atoms with Crippen LogP contribution in [0.2, 0.25) is 0 Å². The van der Waals surface area contributed by atoms with E-state index in [1.165, 1.54) is 32.3 Å². The average Bonchev–Trinajstić information content (AvgIpc) is 3.22. The third-order valence-corrected chi connectivity index (χ3v) is 12.3. The van der Waals surface area contributed by atoms with E-state index in [-0.39, 0.29) is 11.6 Å². The van der Waals surface area contributed by atoms with Crippen LogP contribution in [0.1, 0.15) is 34.1 Å². The van der Waals surface area contributed by atoms with Gasteiger partial charge in [0.1, 0.15) is 0 Å². The molecule has 54 heavy (non-hydrogen) atoms. The minimum Gasteiger partial charge on any atom is -0.294 e. The lowest BCUT2D eigenvalue weighted by atomic mass is 9.67. The van der Waals surface area contributed by atoms with Gasteiger partial charge in [-0.3, -0.25) is 9.59 Å². The first-order valence-electron chi connectivity index (χ1n) is 18.7. The van der Waals surface area contributed by atoms with Gasteiger partial charge in [0.05, 0.1) is 11.8 Å². The lowest BCUT2D eigenvalue weighted by Gasteiger charge is -2.33. The molecule has 2 heteroatoms. The van der Waals surface area contributed by atoms with Crippen molar-refractivity contribution >= 4 is 110 Å². The molecular formula is C52H30O2. The van der Waals surface area contributed by atoms with Gasteiger partial charge < -0.3 is 0 Å².